The molecule has 174 valence electrons. The van der Waals surface area contributed by atoms with Crippen molar-refractivity contribution in [3.8, 4) is 16.9 Å². The zero-order valence-corrected chi connectivity index (χ0v) is 19.2. The second-order valence-electron chi connectivity index (χ2n) is 9.07. The summed E-state index contributed by atoms with van der Waals surface area (Å²) in [5.41, 5.74) is -0.680. The smallest absolute Gasteiger partial charge is 0.412 e. The molecule has 0 fully saturated rings. The first kappa shape index (κ1) is 25.1. The Morgan fingerprint density at radius 2 is 1.66 bits per heavy atom. The third-order valence-corrected chi connectivity index (χ3v) is 3.96. The van der Waals surface area contributed by atoms with E-state index in [0.29, 0.717) is 11.1 Å². The Bertz CT molecular complexity index is 962. The maximum absolute atomic E-state index is 13.4. The van der Waals surface area contributed by atoms with Crippen LogP contribution in [0.25, 0.3) is 11.1 Å². The molecule has 0 atom stereocenters. The molecular weight excluding hydrogens is 419 g/mol. The number of halogens is 1. The number of nitro benzene ring substituents is 1. The van der Waals surface area contributed by atoms with Crippen molar-refractivity contribution >= 4 is 17.5 Å². The summed E-state index contributed by atoms with van der Waals surface area (Å²) >= 11 is 0. The third-order valence-electron chi connectivity index (χ3n) is 3.96. The van der Waals surface area contributed by atoms with E-state index in [1.54, 1.807) is 20.8 Å². The van der Waals surface area contributed by atoms with Crippen LogP contribution in [0.4, 0.5) is 20.6 Å². The van der Waals surface area contributed by atoms with Crippen LogP contribution in [0.2, 0.25) is 0 Å². The lowest BCUT2D eigenvalue weighted by Crippen LogP contribution is -2.27. The van der Waals surface area contributed by atoms with Crippen molar-refractivity contribution in [1.82, 2.24) is 0 Å². The molecule has 0 aromatic heterocycles. The van der Waals surface area contributed by atoms with Crippen molar-refractivity contribution in [3.63, 3.8) is 0 Å². The molecule has 1 amide bonds. The van der Waals surface area contributed by atoms with Gasteiger partial charge in [0.25, 0.3) is 5.69 Å². The van der Waals surface area contributed by atoms with Gasteiger partial charge >= 0.3 is 6.09 Å². The monoisotopic (exact) mass is 448 g/mol. The largest absolute Gasteiger partial charge is 0.490 e. The maximum atomic E-state index is 13.4. The van der Waals surface area contributed by atoms with Gasteiger partial charge in [-0.3, -0.25) is 15.4 Å². The predicted octanol–water partition coefficient (Wildman–Crippen LogP) is 5.94. The number of carbonyl (C=O) groups is 1. The van der Waals surface area contributed by atoms with Crippen LogP contribution >= 0.6 is 0 Å². The van der Waals surface area contributed by atoms with Crippen LogP contribution < -0.4 is 10.1 Å². The van der Waals surface area contributed by atoms with Gasteiger partial charge in [0, 0.05) is 17.7 Å². The van der Waals surface area contributed by atoms with Gasteiger partial charge in [-0.05, 0) is 59.2 Å². The normalized spacial score (nSPS) is 11.7. The van der Waals surface area contributed by atoms with Gasteiger partial charge in [0.2, 0.25) is 0 Å². The van der Waals surface area contributed by atoms with Crippen LogP contribution in [0.5, 0.6) is 5.75 Å². The van der Waals surface area contributed by atoms with Crippen molar-refractivity contribution in [1.29, 1.82) is 0 Å². The Morgan fingerprint density at radius 1 is 1.03 bits per heavy atom. The van der Waals surface area contributed by atoms with Gasteiger partial charge in [0.1, 0.15) is 29.5 Å². The number of hydrogen-bond donors (Lipinski definition) is 1. The SMILES string of the molecule is CC(C)(C)OCCOc1cc(NC(=O)OC(C)(C)C)c([N+](=O)[O-])cc1-c1ccc(F)cc1. The summed E-state index contributed by atoms with van der Waals surface area (Å²) < 4.78 is 30.1. The summed E-state index contributed by atoms with van der Waals surface area (Å²) in [6, 6.07) is 8.13. The molecule has 1 N–H and O–H groups in total. The second-order valence-corrected chi connectivity index (χ2v) is 9.07. The van der Waals surface area contributed by atoms with Crippen LogP contribution in [0.1, 0.15) is 41.5 Å². The van der Waals surface area contributed by atoms with Crippen molar-refractivity contribution in [2.75, 3.05) is 18.5 Å². The molecule has 0 spiro atoms. The summed E-state index contributed by atoms with van der Waals surface area (Å²) in [6.07, 6.45) is -0.836. The highest BCUT2D eigenvalue weighted by molar-refractivity contribution is 5.90. The topological polar surface area (TPSA) is 99.9 Å². The minimum absolute atomic E-state index is 0.0816. The fraction of sp³-hybridized carbons (Fsp3) is 0.435. The number of nitrogens with zero attached hydrogens (tertiary/aromatic N) is 1. The number of carbonyl (C=O) groups excluding carboxylic acids is 1. The molecule has 0 aliphatic carbocycles. The Labute approximate surface area is 186 Å². The first-order valence-electron chi connectivity index (χ1n) is 10.1. The molecule has 32 heavy (non-hydrogen) atoms. The molecule has 8 nitrogen and oxygen atoms in total. The number of rotatable bonds is 7. The summed E-state index contributed by atoms with van der Waals surface area (Å²) in [5, 5.41) is 14.1. The Morgan fingerprint density at radius 3 is 2.19 bits per heavy atom. The molecule has 9 heteroatoms. The zero-order valence-electron chi connectivity index (χ0n) is 19.2. The average Bonchev–Trinajstić information content (AvgIpc) is 2.63. The van der Waals surface area contributed by atoms with E-state index in [4.69, 9.17) is 14.2 Å². The predicted molar refractivity (Wildman–Crippen MR) is 120 cm³/mol. The molecule has 2 aromatic carbocycles. The second kappa shape index (κ2) is 9.95. The van der Waals surface area contributed by atoms with Crippen molar-refractivity contribution in [3.05, 3.63) is 52.3 Å². The van der Waals surface area contributed by atoms with Gasteiger partial charge in [-0.15, -0.1) is 0 Å². The molecule has 2 aromatic rings. The number of hydrogen-bond acceptors (Lipinski definition) is 6. The van der Waals surface area contributed by atoms with E-state index in [9.17, 15) is 19.3 Å². The first-order chi connectivity index (χ1) is 14.7. The number of anilines is 1. The Kier molecular flexibility index (Phi) is 7.79. The third kappa shape index (κ3) is 7.81. The maximum Gasteiger partial charge on any atom is 0.412 e. The van der Waals surface area contributed by atoms with Gasteiger partial charge < -0.3 is 14.2 Å². The molecule has 0 aliphatic rings. The summed E-state index contributed by atoms with van der Waals surface area (Å²) in [5.74, 6) is -0.168. The number of benzene rings is 2. The van der Waals surface area contributed by atoms with Crippen LogP contribution in [0.15, 0.2) is 36.4 Å². The van der Waals surface area contributed by atoms with Crippen LogP contribution in [-0.2, 0) is 9.47 Å². The van der Waals surface area contributed by atoms with Gasteiger partial charge in [-0.25, -0.2) is 9.18 Å². The number of nitrogens with one attached hydrogen (secondary N) is 1. The van der Waals surface area contributed by atoms with E-state index < -0.39 is 22.4 Å². The van der Waals surface area contributed by atoms with E-state index in [0.717, 1.165) is 0 Å². The Hall–Kier alpha value is -3.20. The highest BCUT2D eigenvalue weighted by Gasteiger charge is 2.24. The molecule has 0 unspecified atom stereocenters. The van der Waals surface area contributed by atoms with Crippen molar-refractivity contribution < 1.29 is 28.3 Å². The lowest BCUT2D eigenvalue weighted by atomic mass is 10.0. The van der Waals surface area contributed by atoms with Crippen LogP contribution in [0.3, 0.4) is 0 Å². The molecule has 0 heterocycles. The van der Waals surface area contributed by atoms with Gasteiger partial charge in [-0.1, -0.05) is 12.1 Å². The summed E-state index contributed by atoms with van der Waals surface area (Å²) in [4.78, 5) is 23.3. The van der Waals surface area contributed by atoms with E-state index in [1.165, 1.54) is 36.4 Å². The minimum atomic E-state index is -0.836. The number of amides is 1. The highest BCUT2D eigenvalue weighted by Crippen LogP contribution is 2.39. The molecule has 0 saturated heterocycles. The zero-order chi connectivity index (χ0) is 24.1. The van der Waals surface area contributed by atoms with E-state index in [2.05, 4.69) is 5.32 Å². The molecule has 0 bridgehead atoms. The fourth-order valence-corrected chi connectivity index (χ4v) is 2.71. The van der Waals surface area contributed by atoms with Crippen LogP contribution in [0, 0.1) is 15.9 Å². The van der Waals surface area contributed by atoms with Crippen LogP contribution in [-0.4, -0.2) is 35.4 Å². The number of nitro groups is 1. The standard InChI is InChI=1S/C23H29FN2O6/c1-22(2,3)31-12-11-30-20-14-18(25-21(27)32-23(4,5)6)19(26(28)29)13-17(20)15-7-9-16(24)10-8-15/h7-10,13-14H,11-12H2,1-6H3,(H,25,27). The molecule has 2 rings (SSSR count). The fourth-order valence-electron chi connectivity index (χ4n) is 2.71. The van der Waals surface area contributed by atoms with Gasteiger partial charge in [0.05, 0.1) is 17.1 Å². The lowest BCUT2D eigenvalue weighted by molar-refractivity contribution is -0.383. The molecule has 0 saturated carbocycles. The summed E-state index contributed by atoms with van der Waals surface area (Å²) in [7, 11) is 0. The molecule has 0 aliphatic heterocycles. The van der Waals surface area contributed by atoms with E-state index in [-0.39, 0.29) is 35.9 Å². The summed E-state index contributed by atoms with van der Waals surface area (Å²) in [6.45, 7) is 11.2. The minimum Gasteiger partial charge on any atom is -0.490 e. The van der Waals surface area contributed by atoms with Gasteiger partial charge in [0.15, 0.2) is 0 Å². The number of ether oxygens (including phenoxy) is 3. The molecule has 0 radical (unpaired) electrons. The van der Waals surface area contributed by atoms with Crippen molar-refractivity contribution in [2.45, 2.75) is 52.7 Å². The van der Waals surface area contributed by atoms with Crippen molar-refractivity contribution in [2.24, 2.45) is 0 Å². The van der Waals surface area contributed by atoms with E-state index >= 15 is 0 Å². The van der Waals surface area contributed by atoms with E-state index in [1.807, 2.05) is 20.8 Å². The molecular formula is C23H29FN2O6. The highest BCUT2D eigenvalue weighted by atomic mass is 19.1. The van der Waals surface area contributed by atoms with Gasteiger partial charge in [-0.2, -0.15) is 0 Å². The Balaban J connectivity index is 2.44. The lowest BCUT2D eigenvalue weighted by Gasteiger charge is -2.21. The first-order valence-corrected chi connectivity index (χ1v) is 10.1. The quantitative estimate of drug-likeness (QED) is 0.320. The average molecular weight is 448 g/mol.